The van der Waals surface area contributed by atoms with Crippen LogP contribution in [0.5, 0.6) is 0 Å². The number of imide groups is 1. The fraction of sp³-hybridized carbons (Fsp3) is 0.312. The first-order valence-corrected chi connectivity index (χ1v) is 6.94. The number of nitrogens with zero attached hydrogens (tertiary/aromatic N) is 1. The lowest BCUT2D eigenvalue weighted by Crippen LogP contribution is -2.38. The van der Waals surface area contributed by atoms with E-state index in [0.717, 1.165) is 4.90 Å². The van der Waals surface area contributed by atoms with Crippen molar-refractivity contribution in [2.75, 3.05) is 6.54 Å². The number of benzene rings is 1. The molecule has 4 atom stereocenters. The largest absolute Gasteiger partial charge is 0.365 e. The maximum absolute atomic E-state index is 12.4. The molecule has 2 saturated heterocycles. The van der Waals surface area contributed by atoms with Gasteiger partial charge in [-0.25, -0.2) is 0 Å². The van der Waals surface area contributed by atoms with E-state index >= 15 is 0 Å². The predicted molar refractivity (Wildman–Crippen MR) is 72.3 cm³/mol. The van der Waals surface area contributed by atoms with Gasteiger partial charge in [0, 0.05) is 5.56 Å². The van der Waals surface area contributed by atoms with E-state index < -0.39 is 11.8 Å². The van der Waals surface area contributed by atoms with Crippen LogP contribution < -0.4 is 0 Å². The van der Waals surface area contributed by atoms with Crippen LogP contribution in [-0.2, 0) is 14.3 Å². The number of carbonyl (C=O) groups is 3. The molecule has 2 bridgehead atoms. The summed E-state index contributed by atoms with van der Waals surface area (Å²) in [6, 6.07) is 8.69. The van der Waals surface area contributed by atoms with Gasteiger partial charge in [-0.2, -0.15) is 0 Å². The SMILES string of the molecule is O=C(CN1C(=O)[C@@H]2[C@H](C1=O)[C@H]1C=C[C@H]2O1)c1ccccc1. The third kappa shape index (κ3) is 1.70. The summed E-state index contributed by atoms with van der Waals surface area (Å²) in [4.78, 5) is 38.1. The highest BCUT2D eigenvalue weighted by Crippen LogP contribution is 2.44. The fourth-order valence-corrected chi connectivity index (χ4v) is 3.38. The lowest BCUT2D eigenvalue weighted by Gasteiger charge is -2.16. The molecule has 5 heteroatoms. The first-order chi connectivity index (χ1) is 10.2. The second-order valence-electron chi connectivity index (χ2n) is 5.55. The van der Waals surface area contributed by atoms with Gasteiger partial charge in [0.05, 0.1) is 30.6 Å². The van der Waals surface area contributed by atoms with E-state index in [0.29, 0.717) is 5.56 Å². The molecule has 0 N–H and O–H groups in total. The number of ketones is 1. The maximum atomic E-state index is 12.4. The van der Waals surface area contributed by atoms with Crippen LogP contribution >= 0.6 is 0 Å². The molecule has 5 nitrogen and oxygen atoms in total. The zero-order valence-electron chi connectivity index (χ0n) is 11.1. The molecule has 0 radical (unpaired) electrons. The number of likely N-dealkylation sites (tertiary alicyclic amines) is 1. The van der Waals surface area contributed by atoms with Gasteiger partial charge in [-0.05, 0) is 0 Å². The molecule has 106 valence electrons. The van der Waals surface area contributed by atoms with E-state index in [-0.39, 0.29) is 36.4 Å². The average Bonchev–Trinajstić information content (AvgIpc) is 3.18. The zero-order valence-corrected chi connectivity index (χ0v) is 11.1. The highest BCUT2D eigenvalue weighted by molar-refractivity contribution is 6.10. The molecule has 4 rings (SSSR count). The monoisotopic (exact) mass is 283 g/mol. The van der Waals surface area contributed by atoms with E-state index in [1.165, 1.54) is 0 Å². The fourth-order valence-electron chi connectivity index (χ4n) is 3.38. The quantitative estimate of drug-likeness (QED) is 0.468. The van der Waals surface area contributed by atoms with Crippen molar-refractivity contribution >= 4 is 17.6 Å². The summed E-state index contributed by atoms with van der Waals surface area (Å²) in [5.41, 5.74) is 0.507. The summed E-state index contributed by atoms with van der Waals surface area (Å²) in [6.07, 6.45) is 3.04. The second kappa shape index (κ2) is 4.36. The number of carbonyl (C=O) groups excluding carboxylic acids is 3. The van der Waals surface area contributed by atoms with Crippen LogP contribution in [0.25, 0.3) is 0 Å². The van der Waals surface area contributed by atoms with Crippen LogP contribution in [0.4, 0.5) is 0 Å². The van der Waals surface area contributed by atoms with Crippen LogP contribution in [0, 0.1) is 11.8 Å². The summed E-state index contributed by atoms with van der Waals surface area (Å²) in [7, 11) is 0. The minimum Gasteiger partial charge on any atom is -0.365 e. The molecule has 3 aliphatic heterocycles. The molecule has 21 heavy (non-hydrogen) atoms. The van der Waals surface area contributed by atoms with E-state index in [1.54, 1.807) is 24.3 Å². The zero-order chi connectivity index (χ0) is 14.6. The molecule has 1 aromatic rings. The minimum absolute atomic E-state index is 0.186. The Morgan fingerprint density at radius 2 is 1.57 bits per heavy atom. The number of hydrogen-bond donors (Lipinski definition) is 0. The molecule has 3 aliphatic rings. The van der Waals surface area contributed by atoms with Gasteiger partial charge in [0.25, 0.3) is 0 Å². The molecule has 0 spiro atoms. The Morgan fingerprint density at radius 3 is 2.14 bits per heavy atom. The van der Waals surface area contributed by atoms with E-state index in [1.807, 2.05) is 18.2 Å². The van der Waals surface area contributed by atoms with Crippen LogP contribution in [-0.4, -0.2) is 41.3 Å². The van der Waals surface area contributed by atoms with Gasteiger partial charge in [0.2, 0.25) is 11.8 Å². The van der Waals surface area contributed by atoms with Gasteiger partial charge in [-0.1, -0.05) is 42.5 Å². The Bertz CT molecular complexity index is 636. The number of ether oxygens (including phenoxy) is 1. The Kier molecular flexibility index (Phi) is 2.59. The van der Waals surface area contributed by atoms with E-state index in [2.05, 4.69) is 0 Å². The van der Waals surface area contributed by atoms with Crippen LogP contribution in [0.15, 0.2) is 42.5 Å². The summed E-state index contributed by atoms with van der Waals surface area (Å²) >= 11 is 0. The van der Waals surface area contributed by atoms with Crippen molar-refractivity contribution < 1.29 is 19.1 Å². The first kappa shape index (κ1) is 12.5. The Hall–Kier alpha value is -2.27. The lowest BCUT2D eigenvalue weighted by atomic mass is 9.85. The molecular formula is C16H13NO4. The highest BCUT2D eigenvalue weighted by atomic mass is 16.5. The van der Waals surface area contributed by atoms with E-state index in [9.17, 15) is 14.4 Å². The molecule has 0 aromatic heterocycles. The number of Topliss-reactive ketones (excluding diaryl/α,β-unsaturated/α-hetero) is 1. The van der Waals surface area contributed by atoms with Crippen LogP contribution in [0.1, 0.15) is 10.4 Å². The predicted octanol–water partition coefficient (Wildman–Crippen LogP) is 0.808. The van der Waals surface area contributed by atoms with Gasteiger partial charge in [-0.3, -0.25) is 19.3 Å². The number of amides is 2. The molecular weight excluding hydrogens is 270 g/mol. The molecule has 0 saturated carbocycles. The topological polar surface area (TPSA) is 63.7 Å². The molecule has 2 amide bonds. The summed E-state index contributed by atoms with van der Waals surface area (Å²) < 4.78 is 5.55. The van der Waals surface area contributed by atoms with Crippen molar-refractivity contribution in [2.45, 2.75) is 12.2 Å². The summed E-state index contributed by atoms with van der Waals surface area (Å²) in [6.45, 7) is -0.186. The van der Waals surface area contributed by atoms with Crippen molar-refractivity contribution in [2.24, 2.45) is 11.8 Å². The van der Waals surface area contributed by atoms with Crippen molar-refractivity contribution in [3.8, 4) is 0 Å². The van der Waals surface area contributed by atoms with Gasteiger partial charge in [0.15, 0.2) is 5.78 Å². The van der Waals surface area contributed by atoms with Gasteiger partial charge >= 0.3 is 0 Å². The number of hydrogen-bond acceptors (Lipinski definition) is 4. The van der Waals surface area contributed by atoms with Gasteiger partial charge < -0.3 is 4.74 Å². The summed E-state index contributed by atoms with van der Waals surface area (Å²) in [5, 5.41) is 0. The standard InChI is InChI=1S/C16H13NO4/c18-10(9-4-2-1-3-5-9)8-17-15(19)13-11-6-7-12(21-11)14(13)16(17)20/h1-7,11-14H,8H2/t11-,12-,13-,14+/m1/s1. The molecule has 0 unspecified atom stereocenters. The van der Waals surface area contributed by atoms with Crippen molar-refractivity contribution in [3.63, 3.8) is 0 Å². The Morgan fingerprint density at radius 1 is 1.00 bits per heavy atom. The maximum Gasteiger partial charge on any atom is 0.236 e. The molecule has 3 heterocycles. The van der Waals surface area contributed by atoms with Crippen molar-refractivity contribution in [1.82, 2.24) is 4.90 Å². The second-order valence-corrected chi connectivity index (χ2v) is 5.55. The molecule has 1 aromatic carbocycles. The average molecular weight is 283 g/mol. The number of fused-ring (bicyclic) bond motifs is 5. The summed E-state index contributed by atoms with van der Waals surface area (Å²) in [5.74, 6) is -1.69. The van der Waals surface area contributed by atoms with E-state index in [4.69, 9.17) is 4.74 Å². The van der Waals surface area contributed by atoms with Crippen molar-refractivity contribution in [3.05, 3.63) is 48.0 Å². The molecule has 0 aliphatic carbocycles. The third-order valence-electron chi connectivity index (χ3n) is 4.40. The minimum atomic E-state index is -0.448. The van der Waals surface area contributed by atoms with Crippen molar-refractivity contribution in [1.29, 1.82) is 0 Å². The lowest BCUT2D eigenvalue weighted by molar-refractivity contribution is -0.141. The first-order valence-electron chi connectivity index (χ1n) is 6.94. The normalized spacial score (nSPS) is 32.9. The smallest absolute Gasteiger partial charge is 0.236 e. The van der Waals surface area contributed by atoms with Gasteiger partial charge in [-0.15, -0.1) is 0 Å². The van der Waals surface area contributed by atoms with Crippen LogP contribution in [0.2, 0.25) is 0 Å². The Balaban J connectivity index is 1.56. The van der Waals surface area contributed by atoms with Crippen LogP contribution in [0.3, 0.4) is 0 Å². The Labute approximate surface area is 121 Å². The van der Waals surface area contributed by atoms with Gasteiger partial charge in [0.1, 0.15) is 0 Å². The highest BCUT2D eigenvalue weighted by Gasteiger charge is 2.60. The number of rotatable bonds is 3. The third-order valence-corrected chi connectivity index (χ3v) is 4.40. The molecule has 2 fully saturated rings.